The Labute approximate surface area is 196 Å². The predicted octanol–water partition coefficient (Wildman–Crippen LogP) is 1.77. The number of nitro benzene ring substituents is 1. The average Bonchev–Trinajstić information content (AvgIpc) is 3.31. The molecular formula is C21H30N4O5S2. The van der Waals surface area contributed by atoms with Crippen molar-refractivity contribution < 1.29 is 19.2 Å². The van der Waals surface area contributed by atoms with E-state index in [9.17, 15) is 19.7 Å². The molecule has 2 N–H and O–H groups in total. The molecule has 0 saturated carbocycles. The van der Waals surface area contributed by atoms with E-state index in [0.29, 0.717) is 31.9 Å². The molecule has 2 unspecified atom stereocenters. The Bertz CT molecular complexity index is 813. The standard InChI is InChI=1S/C21H30N4O5S2/c1-31-11-5-18(23-19(26)16-3-2-4-17(13-16)25(28)29)20(27)22-14-21(6-12-32-15-21)24-7-9-30-10-8-24/h2-4,13,18H,5-12,14-15H2,1H3,(H,22,27)(H,23,26). The summed E-state index contributed by atoms with van der Waals surface area (Å²) in [5.41, 5.74) is -0.0785. The van der Waals surface area contributed by atoms with Crippen LogP contribution in [-0.4, -0.2) is 89.6 Å². The molecule has 0 spiro atoms. The molecule has 2 amide bonds. The lowest BCUT2D eigenvalue weighted by molar-refractivity contribution is -0.384. The Morgan fingerprint density at radius 3 is 2.81 bits per heavy atom. The molecule has 1 aromatic rings. The van der Waals surface area contributed by atoms with Gasteiger partial charge in [0.2, 0.25) is 5.91 Å². The Morgan fingerprint density at radius 2 is 2.16 bits per heavy atom. The van der Waals surface area contributed by atoms with Crippen LogP contribution in [0.2, 0.25) is 0 Å². The number of thioether (sulfide) groups is 2. The number of hydrogen-bond donors (Lipinski definition) is 2. The quantitative estimate of drug-likeness (QED) is 0.383. The summed E-state index contributed by atoms with van der Waals surface area (Å²) < 4.78 is 5.49. The minimum Gasteiger partial charge on any atom is -0.379 e. The van der Waals surface area contributed by atoms with E-state index in [1.807, 2.05) is 18.0 Å². The van der Waals surface area contributed by atoms with Gasteiger partial charge >= 0.3 is 0 Å². The van der Waals surface area contributed by atoms with Gasteiger partial charge in [-0.3, -0.25) is 24.6 Å². The smallest absolute Gasteiger partial charge is 0.270 e. The Morgan fingerprint density at radius 1 is 1.38 bits per heavy atom. The van der Waals surface area contributed by atoms with E-state index in [1.54, 1.807) is 11.8 Å². The van der Waals surface area contributed by atoms with Crippen molar-refractivity contribution in [1.82, 2.24) is 15.5 Å². The van der Waals surface area contributed by atoms with Gasteiger partial charge in [0.1, 0.15) is 6.04 Å². The zero-order chi connectivity index (χ0) is 23.0. The normalized spacial score (nSPS) is 22.3. The van der Waals surface area contributed by atoms with Crippen molar-refractivity contribution in [1.29, 1.82) is 0 Å². The third-order valence-corrected chi connectivity index (χ3v) is 7.79. The van der Waals surface area contributed by atoms with Crippen LogP contribution < -0.4 is 10.6 Å². The average molecular weight is 483 g/mol. The van der Waals surface area contributed by atoms with Crippen LogP contribution in [0.15, 0.2) is 24.3 Å². The summed E-state index contributed by atoms with van der Waals surface area (Å²) in [5.74, 6) is 2.02. The van der Waals surface area contributed by atoms with Crippen LogP contribution in [0.25, 0.3) is 0 Å². The molecule has 0 bridgehead atoms. The maximum absolute atomic E-state index is 13.1. The van der Waals surface area contributed by atoms with E-state index in [1.165, 1.54) is 24.3 Å². The lowest BCUT2D eigenvalue weighted by Crippen LogP contribution is -2.60. The van der Waals surface area contributed by atoms with Gasteiger partial charge in [-0.1, -0.05) is 6.07 Å². The second-order valence-electron chi connectivity index (χ2n) is 7.96. The predicted molar refractivity (Wildman–Crippen MR) is 127 cm³/mol. The molecule has 0 aromatic heterocycles. The van der Waals surface area contributed by atoms with Gasteiger partial charge in [-0.2, -0.15) is 23.5 Å². The maximum Gasteiger partial charge on any atom is 0.270 e. The van der Waals surface area contributed by atoms with Crippen LogP contribution in [0.4, 0.5) is 5.69 Å². The maximum atomic E-state index is 13.1. The molecule has 2 heterocycles. The number of nitrogens with zero attached hydrogens (tertiary/aromatic N) is 2. The van der Waals surface area contributed by atoms with Crippen LogP contribution in [-0.2, 0) is 9.53 Å². The van der Waals surface area contributed by atoms with Gasteiger partial charge < -0.3 is 15.4 Å². The van der Waals surface area contributed by atoms with Crippen molar-refractivity contribution in [3.8, 4) is 0 Å². The third kappa shape index (κ3) is 6.37. The fourth-order valence-corrected chi connectivity index (χ4v) is 5.97. The zero-order valence-electron chi connectivity index (χ0n) is 18.2. The van der Waals surface area contributed by atoms with Gasteiger partial charge in [0.05, 0.1) is 18.1 Å². The van der Waals surface area contributed by atoms with E-state index in [-0.39, 0.29) is 22.7 Å². The highest BCUT2D eigenvalue weighted by Crippen LogP contribution is 2.33. The zero-order valence-corrected chi connectivity index (χ0v) is 19.8. The summed E-state index contributed by atoms with van der Waals surface area (Å²) in [6.07, 6.45) is 3.43. The fraction of sp³-hybridized carbons (Fsp3) is 0.619. The fourth-order valence-electron chi connectivity index (χ4n) is 4.02. The molecule has 11 heteroatoms. The summed E-state index contributed by atoms with van der Waals surface area (Å²) in [6.45, 7) is 3.65. The number of nitrogens with one attached hydrogen (secondary N) is 2. The van der Waals surface area contributed by atoms with Gasteiger partial charge in [-0.05, 0) is 36.7 Å². The van der Waals surface area contributed by atoms with Gasteiger partial charge in [0.25, 0.3) is 11.6 Å². The summed E-state index contributed by atoms with van der Waals surface area (Å²) in [6, 6.07) is 4.83. The van der Waals surface area contributed by atoms with Crippen molar-refractivity contribution in [3.63, 3.8) is 0 Å². The summed E-state index contributed by atoms with van der Waals surface area (Å²) in [4.78, 5) is 38.7. The first-order chi connectivity index (χ1) is 15.4. The van der Waals surface area contributed by atoms with Crippen molar-refractivity contribution in [2.24, 2.45) is 0 Å². The summed E-state index contributed by atoms with van der Waals surface area (Å²) in [7, 11) is 0. The van der Waals surface area contributed by atoms with Gasteiger partial charge in [-0.25, -0.2) is 0 Å². The molecule has 2 atom stereocenters. The highest BCUT2D eigenvalue weighted by Gasteiger charge is 2.41. The van der Waals surface area contributed by atoms with Gasteiger partial charge in [0, 0.05) is 48.6 Å². The van der Waals surface area contributed by atoms with Crippen molar-refractivity contribution in [2.45, 2.75) is 24.4 Å². The number of ether oxygens (including phenoxy) is 1. The minimum absolute atomic E-state index is 0.0851. The lowest BCUT2D eigenvalue weighted by Gasteiger charge is -2.43. The number of rotatable bonds is 10. The van der Waals surface area contributed by atoms with Crippen LogP contribution >= 0.6 is 23.5 Å². The first-order valence-electron chi connectivity index (χ1n) is 10.7. The van der Waals surface area contributed by atoms with Crippen LogP contribution in [0.1, 0.15) is 23.2 Å². The number of carbonyl (C=O) groups excluding carboxylic acids is 2. The molecule has 3 rings (SSSR count). The molecule has 1 aromatic carbocycles. The number of nitro groups is 1. The van der Waals surface area contributed by atoms with E-state index in [0.717, 1.165) is 31.0 Å². The Kier molecular flexibility index (Phi) is 9.21. The summed E-state index contributed by atoms with van der Waals surface area (Å²) in [5, 5.41) is 16.9. The highest BCUT2D eigenvalue weighted by molar-refractivity contribution is 7.99. The second-order valence-corrected chi connectivity index (χ2v) is 10.0. The summed E-state index contributed by atoms with van der Waals surface area (Å²) >= 11 is 3.49. The molecule has 2 saturated heterocycles. The highest BCUT2D eigenvalue weighted by atomic mass is 32.2. The molecule has 2 aliphatic heterocycles. The monoisotopic (exact) mass is 482 g/mol. The molecule has 32 heavy (non-hydrogen) atoms. The van der Waals surface area contributed by atoms with Gasteiger partial charge in [0.15, 0.2) is 0 Å². The number of carbonyl (C=O) groups is 2. The molecule has 2 fully saturated rings. The number of amides is 2. The van der Waals surface area contributed by atoms with E-state index in [4.69, 9.17) is 4.74 Å². The third-order valence-electron chi connectivity index (χ3n) is 5.91. The van der Waals surface area contributed by atoms with Gasteiger partial charge in [-0.15, -0.1) is 0 Å². The van der Waals surface area contributed by atoms with Crippen molar-refractivity contribution in [2.75, 3.05) is 56.4 Å². The SMILES string of the molecule is CSCCC(NC(=O)c1cccc([N+](=O)[O-])c1)C(=O)NCC1(N2CCOCC2)CCSC1. The minimum atomic E-state index is -0.704. The van der Waals surface area contributed by atoms with Crippen LogP contribution in [0.5, 0.6) is 0 Å². The number of non-ortho nitro benzene ring substituents is 1. The number of hydrogen-bond acceptors (Lipinski definition) is 8. The van der Waals surface area contributed by atoms with Crippen molar-refractivity contribution in [3.05, 3.63) is 39.9 Å². The first-order valence-corrected chi connectivity index (χ1v) is 13.2. The van der Waals surface area contributed by atoms with E-state index >= 15 is 0 Å². The molecule has 0 aliphatic carbocycles. The van der Waals surface area contributed by atoms with Crippen molar-refractivity contribution >= 4 is 41.0 Å². The molecule has 0 radical (unpaired) electrons. The molecule has 9 nitrogen and oxygen atoms in total. The Hall–Kier alpha value is -1.82. The largest absolute Gasteiger partial charge is 0.379 e. The van der Waals surface area contributed by atoms with Crippen LogP contribution in [0.3, 0.4) is 0 Å². The lowest BCUT2D eigenvalue weighted by atomic mass is 9.95. The first kappa shape index (κ1) is 24.8. The second kappa shape index (κ2) is 11.9. The number of benzene rings is 1. The number of morpholine rings is 1. The molecule has 176 valence electrons. The topological polar surface area (TPSA) is 114 Å². The van der Waals surface area contributed by atoms with E-state index in [2.05, 4.69) is 15.5 Å². The molecule has 2 aliphatic rings. The van der Waals surface area contributed by atoms with Crippen LogP contribution in [0, 0.1) is 10.1 Å². The van der Waals surface area contributed by atoms with E-state index < -0.39 is 16.9 Å². The molecular weight excluding hydrogens is 452 g/mol. The Balaban J connectivity index is 1.65.